The fourth-order valence-electron chi connectivity index (χ4n) is 1.59. The Morgan fingerprint density at radius 2 is 2.00 bits per heavy atom. The van der Waals surface area contributed by atoms with Crippen LogP contribution in [0.15, 0.2) is 24.3 Å². The minimum atomic E-state index is 0.697. The van der Waals surface area contributed by atoms with Gasteiger partial charge in [0.05, 0.1) is 12.2 Å². The molecule has 0 radical (unpaired) electrons. The van der Waals surface area contributed by atoms with Gasteiger partial charge in [0.25, 0.3) is 0 Å². The van der Waals surface area contributed by atoms with Crippen LogP contribution >= 0.6 is 11.3 Å². The van der Waals surface area contributed by atoms with Crippen molar-refractivity contribution in [3.63, 3.8) is 0 Å². The molecule has 0 atom stereocenters. The second kappa shape index (κ2) is 5.19. The highest BCUT2D eigenvalue weighted by Crippen LogP contribution is 2.20. The van der Waals surface area contributed by atoms with Crippen LogP contribution in [0.5, 0.6) is 0 Å². The highest BCUT2D eigenvalue weighted by atomic mass is 32.1. The first-order chi connectivity index (χ1) is 8.19. The Hall–Kier alpha value is -1.55. The topological polar surface area (TPSA) is 50.9 Å². The number of aromatic nitrogens is 1. The molecular formula is C13H17N3S. The first-order valence-electron chi connectivity index (χ1n) is 5.73. The first kappa shape index (κ1) is 11.9. The van der Waals surface area contributed by atoms with Gasteiger partial charge in [-0.2, -0.15) is 0 Å². The largest absolute Gasteiger partial charge is 0.396 e. The second-order valence-electron chi connectivity index (χ2n) is 3.97. The molecule has 0 saturated carbocycles. The SMILES string of the molecule is CCc1ccc(CNc2nc(C)ccc2N)s1. The number of nitrogen functional groups attached to an aromatic ring is 1. The van der Waals surface area contributed by atoms with Crippen molar-refractivity contribution in [2.24, 2.45) is 0 Å². The van der Waals surface area contributed by atoms with Gasteiger partial charge in [-0.15, -0.1) is 11.3 Å². The quantitative estimate of drug-likeness (QED) is 0.872. The molecule has 0 bridgehead atoms. The van der Waals surface area contributed by atoms with Crippen LogP contribution in [0.25, 0.3) is 0 Å². The van der Waals surface area contributed by atoms with Crippen LogP contribution in [-0.4, -0.2) is 4.98 Å². The lowest BCUT2D eigenvalue weighted by molar-refractivity contribution is 1.11. The molecule has 0 aromatic carbocycles. The molecule has 3 N–H and O–H groups in total. The Morgan fingerprint density at radius 3 is 2.71 bits per heavy atom. The minimum absolute atomic E-state index is 0.697. The molecule has 17 heavy (non-hydrogen) atoms. The number of rotatable bonds is 4. The predicted molar refractivity (Wildman–Crippen MR) is 74.4 cm³/mol. The summed E-state index contributed by atoms with van der Waals surface area (Å²) in [7, 11) is 0. The zero-order chi connectivity index (χ0) is 12.3. The van der Waals surface area contributed by atoms with Crippen molar-refractivity contribution in [1.82, 2.24) is 4.98 Å². The summed E-state index contributed by atoms with van der Waals surface area (Å²) in [6, 6.07) is 8.13. The fraction of sp³-hybridized carbons (Fsp3) is 0.308. The zero-order valence-corrected chi connectivity index (χ0v) is 11.0. The van der Waals surface area contributed by atoms with E-state index in [2.05, 4.69) is 29.4 Å². The highest BCUT2D eigenvalue weighted by molar-refractivity contribution is 7.12. The molecule has 90 valence electrons. The fourth-order valence-corrected chi connectivity index (χ4v) is 2.48. The summed E-state index contributed by atoms with van der Waals surface area (Å²) < 4.78 is 0. The van der Waals surface area contributed by atoms with Gasteiger partial charge in [-0.1, -0.05) is 6.92 Å². The maximum Gasteiger partial charge on any atom is 0.149 e. The monoisotopic (exact) mass is 247 g/mol. The summed E-state index contributed by atoms with van der Waals surface area (Å²) >= 11 is 1.83. The van der Waals surface area contributed by atoms with E-state index in [-0.39, 0.29) is 0 Å². The molecular weight excluding hydrogens is 230 g/mol. The molecule has 3 nitrogen and oxygen atoms in total. The molecule has 0 saturated heterocycles. The van der Waals surface area contributed by atoms with E-state index in [4.69, 9.17) is 5.73 Å². The number of hydrogen-bond donors (Lipinski definition) is 2. The third-order valence-corrected chi connectivity index (χ3v) is 3.79. The second-order valence-corrected chi connectivity index (χ2v) is 5.22. The molecule has 0 unspecified atom stereocenters. The van der Waals surface area contributed by atoms with Crippen molar-refractivity contribution < 1.29 is 0 Å². The van der Waals surface area contributed by atoms with Gasteiger partial charge >= 0.3 is 0 Å². The van der Waals surface area contributed by atoms with Crippen LogP contribution in [0, 0.1) is 6.92 Å². The Bertz CT molecular complexity index is 505. The van der Waals surface area contributed by atoms with Gasteiger partial charge in [0.1, 0.15) is 5.82 Å². The molecule has 0 fully saturated rings. The number of hydrogen-bond acceptors (Lipinski definition) is 4. The first-order valence-corrected chi connectivity index (χ1v) is 6.55. The predicted octanol–water partition coefficient (Wildman–Crippen LogP) is 3.21. The lowest BCUT2D eigenvalue weighted by atomic mass is 10.3. The normalized spacial score (nSPS) is 10.5. The van der Waals surface area contributed by atoms with Gasteiger partial charge in [0.15, 0.2) is 0 Å². The van der Waals surface area contributed by atoms with E-state index in [0.717, 1.165) is 24.5 Å². The molecule has 0 amide bonds. The smallest absolute Gasteiger partial charge is 0.149 e. The number of nitrogens with one attached hydrogen (secondary N) is 1. The van der Waals surface area contributed by atoms with E-state index in [0.29, 0.717) is 5.69 Å². The molecule has 4 heteroatoms. The molecule has 0 spiro atoms. The lowest BCUT2D eigenvalue weighted by Crippen LogP contribution is -2.04. The van der Waals surface area contributed by atoms with Crippen LogP contribution in [0.4, 0.5) is 11.5 Å². The van der Waals surface area contributed by atoms with E-state index in [1.807, 2.05) is 30.4 Å². The number of aryl methyl sites for hydroxylation is 2. The number of anilines is 2. The Morgan fingerprint density at radius 1 is 1.24 bits per heavy atom. The molecule has 2 aromatic heterocycles. The summed E-state index contributed by atoms with van der Waals surface area (Å²) in [5.74, 6) is 0.774. The Labute approximate surface area is 106 Å². The summed E-state index contributed by atoms with van der Waals surface area (Å²) in [5, 5.41) is 3.28. The summed E-state index contributed by atoms with van der Waals surface area (Å²) in [5.41, 5.74) is 7.53. The Kier molecular flexibility index (Phi) is 3.64. The van der Waals surface area contributed by atoms with E-state index < -0.39 is 0 Å². The summed E-state index contributed by atoms with van der Waals surface area (Å²) in [4.78, 5) is 7.10. The molecule has 2 heterocycles. The molecule has 0 aliphatic carbocycles. The maximum atomic E-state index is 5.86. The van der Waals surface area contributed by atoms with Crippen molar-refractivity contribution in [3.8, 4) is 0 Å². The van der Waals surface area contributed by atoms with Crippen LogP contribution < -0.4 is 11.1 Å². The number of nitrogens with two attached hydrogens (primary N) is 1. The molecule has 0 aliphatic heterocycles. The van der Waals surface area contributed by atoms with Crippen molar-refractivity contribution >= 4 is 22.8 Å². The molecule has 2 rings (SSSR count). The van der Waals surface area contributed by atoms with Gasteiger partial charge in [0.2, 0.25) is 0 Å². The average molecular weight is 247 g/mol. The highest BCUT2D eigenvalue weighted by Gasteiger charge is 2.02. The van der Waals surface area contributed by atoms with Crippen LogP contribution in [0.1, 0.15) is 22.4 Å². The standard InChI is InChI=1S/C13H17N3S/c1-3-10-5-6-11(17-10)8-15-13-12(14)7-4-9(2)16-13/h4-7H,3,8,14H2,1-2H3,(H,15,16). The van der Waals surface area contributed by atoms with Crippen LogP contribution in [0.2, 0.25) is 0 Å². The summed E-state index contributed by atoms with van der Waals surface area (Å²) in [6.45, 7) is 4.92. The van der Waals surface area contributed by atoms with E-state index in [9.17, 15) is 0 Å². The third kappa shape index (κ3) is 2.97. The average Bonchev–Trinajstić information content (AvgIpc) is 2.78. The number of nitrogens with zero attached hydrogens (tertiary/aromatic N) is 1. The lowest BCUT2D eigenvalue weighted by Gasteiger charge is -2.07. The van der Waals surface area contributed by atoms with Crippen LogP contribution in [-0.2, 0) is 13.0 Å². The van der Waals surface area contributed by atoms with E-state index >= 15 is 0 Å². The van der Waals surface area contributed by atoms with Gasteiger partial charge in [-0.05, 0) is 37.6 Å². The van der Waals surface area contributed by atoms with Crippen molar-refractivity contribution in [2.45, 2.75) is 26.8 Å². The van der Waals surface area contributed by atoms with Crippen molar-refractivity contribution in [1.29, 1.82) is 0 Å². The number of thiophene rings is 1. The van der Waals surface area contributed by atoms with Gasteiger partial charge in [-0.3, -0.25) is 0 Å². The van der Waals surface area contributed by atoms with Crippen molar-refractivity contribution in [3.05, 3.63) is 39.7 Å². The minimum Gasteiger partial charge on any atom is -0.396 e. The van der Waals surface area contributed by atoms with Gasteiger partial charge in [-0.25, -0.2) is 4.98 Å². The number of pyridine rings is 1. The van der Waals surface area contributed by atoms with Crippen molar-refractivity contribution in [2.75, 3.05) is 11.1 Å². The van der Waals surface area contributed by atoms with Crippen LogP contribution in [0.3, 0.4) is 0 Å². The van der Waals surface area contributed by atoms with E-state index in [1.165, 1.54) is 9.75 Å². The maximum absolute atomic E-state index is 5.86. The third-order valence-electron chi connectivity index (χ3n) is 2.56. The van der Waals surface area contributed by atoms with Gasteiger partial charge < -0.3 is 11.1 Å². The zero-order valence-electron chi connectivity index (χ0n) is 10.2. The van der Waals surface area contributed by atoms with E-state index in [1.54, 1.807) is 0 Å². The van der Waals surface area contributed by atoms with Gasteiger partial charge in [0, 0.05) is 15.4 Å². The Balaban J connectivity index is 2.04. The summed E-state index contributed by atoms with van der Waals surface area (Å²) in [6.07, 6.45) is 1.09. The molecule has 0 aliphatic rings. The molecule has 2 aromatic rings.